The Morgan fingerprint density at radius 2 is 1.78 bits per heavy atom. The summed E-state index contributed by atoms with van der Waals surface area (Å²) in [5.74, 6) is -1.53. The van der Waals surface area contributed by atoms with E-state index in [9.17, 15) is 14.7 Å². The highest BCUT2D eigenvalue weighted by atomic mass is 16.4. The first-order chi connectivity index (χ1) is 8.66. The summed E-state index contributed by atoms with van der Waals surface area (Å²) >= 11 is 0. The van der Waals surface area contributed by atoms with Crippen LogP contribution in [-0.4, -0.2) is 5.97 Å². The average molecular weight is 239 g/mol. The normalized spacial score (nSPS) is 10.9. The fourth-order valence-electron chi connectivity index (χ4n) is 1.99. The van der Waals surface area contributed by atoms with E-state index < -0.39 is 17.2 Å². The number of hydrogen-bond donors (Lipinski definition) is 0. The Balaban J connectivity index is 2.50. The van der Waals surface area contributed by atoms with Crippen LogP contribution in [0.25, 0.3) is 21.7 Å². The van der Waals surface area contributed by atoms with Crippen LogP contribution in [0.3, 0.4) is 0 Å². The van der Waals surface area contributed by atoms with Gasteiger partial charge in [0.2, 0.25) is 0 Å². The summed E-state index contributed by atoms with van der Waals surface area (Å²) in [6, 6.07) is 12.3. The number of carboxylic acid groups (broad SMARTS) is 1. The second-order valence-electron chi connectivity index (χ2n) is 3.94. The molecular formula is C14H7O4-. The number of benzene rings is 2. The molecule has 0 unspecified atom stereocenters. The summed E-state index contributed by atoms with van der Waals surface area (Å²) < 4.78 is 5.09. The van der Waals surface area contributed by atoms with Crippen molar-refractivity contribution in [1.29, 1.82) is 0 Å². The van der Waals surface area contributed by atoms with Crippen LogP contribution in [0.2, 0.25) is 0 Å². The zero-order valence-corrected chi connectivity index (χ0v) is 9.17. The topological polar surface area (TPSA) is 70.3 Å². The van der Waals surface area contributed by atoms with Crippen molar-refractivity contribution in [3.8, 4) is 0 Å². The van der Waals surface area contributed by atoms with Gasteiger partial charge in [-0.05, 0) is 11.5 Å². The van der Waals surface area contributed by atoms with E-state index in [0.717, 1.165) is 10.8 Å². The first-order valence-corrected chi connectivity index (χ1v) is 5.34. The van der Waals surface area contributed by atoms with Crippen molar-refractivity contribution >= 4 is 27.7 Å². The first-order valence-electron chi connectivity index (χ1n) is 5.34. The SMILES string of the molecule is O=C([O-])c1cc2ccc3ccccc3c2oc1=O. The van der Waals surface area contributed by atoms with Crippen molar-refractivity contribution in [1.82, 2.24) is 0 Å². The van der Waals surface area contributed by atoms with Crippen molar-refractivity contribution < 1.29 is 14.3 Å². The lowest BCUT2D eigenvalue weighted by molar-refractivity contribution is -0.255. The molecule has 0 aliphatic rings. The highest BCUT2D eigenvalue weighted by Gasteiger charge is 2.08. The lowest BCUT2D eigenvalue weighted by atomic mass is 10.1. The Kier molecular flexibility index (Phi) is 2.16. The maximum Gasteiger partial charge on any atom is 0.345 e. The quantitative estimate of drug-likeness (QED) is 0.474. The molecule has 88 valence electrons. The third kappa shape index (κ3) is 1.47. The summed E-state index contributed by atoms with van der Waals surface area (Å²) in [4.78, 5) is 22.3. The van der Waals surface area contributed by atoms with Gasteiger partial charge in [-0.1, -0.05) is 36.4 Å². The van der Waals surface area contributed by atoms with Crippen LogP contribution in [0.5, 0.6) is 0 Å². The molecule has 4 nitrogen and oxygen atoms in total. The second kappa shape index (κ2) is 3.70. The minimum absolute atomic E-state index is 0.392. The number of carboxylic acids is 1. The molecule has 3 rings (SSSR count). The van der Waals surface area contributed by atoms with Gasteiger partial charge in [0.25, 0.3) is 0 Å². The van der Waals surface area contributed by atoms with Gasteiger partial charge in [-0.15, -0.1) is 0 Å². The summed E-state index contributed by atoms with van der Waals surface area (Å²) in [5.41, 5.74) is -0.959. The highest BCUT2D eigenvalue weighted by molar-refractivity contribution is 6.05. The molecule has 0 saturated carbocycles. The molecule has 0 saturated heterocycles. The van der Waals surface area contributed by atoms with E-state index in [0.29, 0.717) is 11.0 Å². The number of carbonyl (C=O) groups excluding carboxylic acids is 1. The summed E-state index contributed by atoms with van der Waals surface area (Å²) in [7, 11) is 0. The maximum atomic E-state index is 11.5. The first kappa shape index (κ1) is 10.5. The monoisotopic (exact) mass is 239 g/mol. The fourth-order valence-corrected chi connectivity index (χ4v) is 1.99. The minimum Gasteiger partial charge on any atom is -0.545 e. The zero-order chi connectivity index (χ0) is 12.7. The van der Waals surface area contributed by atoms with Gasteiger partial charge in [-0.3, -0.25) is 0 Å². The number of hydrogen-bond acceptors (Lipinski definition) is 4. The van der Waals surface area contributed by atoms with Gasteiger partial charge in [0.1, 0.15) is 5.58 Å². The standard InChI is InChI=1S/C14H8O4/c15-13(16)11-7-9-6-5-8-3-1-2-4-10(8)12(9)18-14(11)17/h1-7H,(H,15,16)/p-1. The van der Waals surface area contributed by atoms with Gasteiger partial charge < -0.3 is 14.3 Å². The molecule has 0 aliphatic carbocycles. The van der Waals surface area contributed by atoms with Gasteiger partial charge in [-0.2, -0.15) is 0 Å². The van der Waals surface area contributed by atoms with Crippen LogP contribution in [0.1, 0.15) is 10.4 Å². The average Bonchev–Trinajstić information content (AvgIpc) is 2.37. The van der Waals surface area contributed by atoms with Crippen LogP contribution < -0.4 is 10.7 Å². The second-order valence-corrected chi connectivity index (χ2v) is 3.94. The Morgan fingerprint density at radius 1 is 1.06 bits per heavy atom. The molecule has 0 fully saturated rings. The van der Waals surface area contributed by atoms with E-state index in [-0.39, 0.29) is 0 Å². The third-order valence-corrected chi connectivity index (χ3v) is 2.84. The summed E-state index contributed by atoms with van der Waals surface area (Å²) in [6.45, 7) is 0. The van der Waals surface area contributed by atoms with E-state index in [1.54, 1.807) is 6.07 Å². The van der Waals surface area contributed by atoms with Crippen molar-refractivity contribution in [3.63, 3.8) is 0 Å². The molecule has 0 aliphatic heterocycles. The number of fused-ring (bicyclic) bond motifs is 3. The number of carbonyl (C=O) groups is 1. The molecule has 0 N–H and O–H groups in total. The third-order valence-electron chi connectivity index (χ3n) is 2.84. The lowest BCUT2D eigenvalue weighted by Crippen LogP contribution is -2.28. The molecule has 0 radical (unpaired) electrons. The van der Waals surface area contributed by atoms with E-state index in [2.05, 4.69) is 0 Å². The molecule has 0 atom stereocenters. The molecular weight excluding hydrogens is 232 g/mol. The fraction of sp³-hybridized carbons (Fsp3) is 0. The minimum atomic E-state index is -1.53. The number of rotatable bonds is 1. The Bertz CT molecular complexity index is 830. The van der Waals surface area contributed by atoms with Crippen LogP contribution in [0.15, 0.2) is 51.7 Å². The summed E-state index contributed by atoms with van der Waals surface area (Å²) in [6.07, 6.45) is 0. The summed E-state index contributed by atoms with van der Waals surface area (Å²) in [5, 5.41) is 13.0. The molecule has 18 heavy (non-hydrogen) atoms. The smallest absolute Gasteiger partial charge is 0.345 e. The van der Waals surface area contributed by atoms with Crippen LogP contribution in [0, 0.1) is 0 Å². The molecule has 3 aromatic rings. The van der Waals surface area contributed by atoms with Crippen LogP contribution in [-0.2, 0) is 0 Å². The molecule has 0 bridgehead atoms. The van der Waals surface area contributed by atoms with Gasteiger partial charge in [0.05, 0.1) is 11.5 Å². The van der Waals surface area contributed by atoms with E-state index in [4.69, 9.17) is 4.42 Å². The van der Waals surface area contributed by atoms with E-state index in [1.165, 1.54) is 6.07 Å². The molecule has 1 heterocycles. The number of aromatic carboxylic acids is 1. The molecule has 0 amide bonds. The molecule has 2 aromatic carbocycles. The van der Waals surface area contributed by atoms with Crippen molar-refractivity contribution in [3.05, 3.63) is 58.4 Å². The van der Waals surface area contributed by atoms with Crippen molar-refractivity contribution in [2.45, 2.75) is 0 Å². The molecule has 1 aromatic heterocycles. The van der Waals surface area contributed by atoms with Gasteiger partial charge in [0.15, 0.2) is 0 Å². The van der Waals surface area contributed by atoms with Crippen LogP contribution in [0.4, 0.5) is 0 Å². The van der Waals surface area contributed by atoms with Crippen molar-refractivity contribution in [2.24, 2.45) is 0 Å². The molecule has 0 spiro atoms. The Labute approximate surface area is 101 Å². The van der Waals surface area contributed by atoms with Crippen LogP contribution >= 0.6 is 0 Å². The lowest BCUT2D eigenvalue weighted by Gasteiger charge is -2.05. The largest absolute Gasteiger partial charge is 0.545 e. The van der Waals surface area contributed by atoms with Gasteiger partial charge in [0, 0.05) is 10.8 Å². The van der Waals surface area contributed by atoms with Crippen molar-refractivity contribution in [2.75, 3.05) is 0 Å². The predicted octanol–water partition coefficient (Wildman–Crippen LogP) is 1.31. The maximum absolute atomic E-state index is 11.5. The van der Waals surface area contributed by atoms with Gasteiger partial charge in [-0.25, -0.2) is 4.79 Å². The highest BCUT2D eigenvalue weighted by Crippen LogP contribution is 2.24. The van der Waals surface area contributed by atoms with Gasteiger partial charge >= 0.3 is 5.63 Å². The Morgan fingerprint density at radius 3 is 2.56 bits per heavy atom. The Hall–Kier alpha value is -2.62. The zero-order valence-electron chi connectivity index (χ0n) is 9.17. The molecule has 4 heteroatoms. The van der Waals surface area contributed by atoms with E-state index >= 15 is 0 Å². The van der Waals surface area contributed by atoms with E-state index in [1.807, 2.05) is 30.3 Å². The predicted molar refractivity (Wildman–Crippen MR) is 64.3 cm³/mol.